The van der Waals surface area contributed by atoms with Crippen LogP contribution in [0.1, 0.15) is 29.1 Å². The van der Waals surface area contributed by atoms with Crippen molar-refractivity contribution in [3.05, 3.63) is 84.2 Å². The average molecular weight is 442 g/mol. The minimum Gasteiger partial charge on any atom is -0.454 e. The second-order valence-electron chi connectivity index (χ2n) is 7.72. The van der Waals surface area contributed by atoms with Crippen LogP contribution >= 0.6 is 0 Å². The van der Waals surface area contributed by atoms with Gasteiger partial charge in [0.05, 0.1) is 17.1 Å². The zero-order valence-corrected chi connectivity index (χ0v) is 17.9. The van der Waals surface area contributed by atoms with Crippen LogP contribution in [-0.4, -0.2) is 28.2 Å². The largest absolute Gasteiger partial charge is 0.454 e. The molecule has 33 heavy (non-hydrogen) atoms. The van der Waals surface area contributed by atoms with Crippen molar-refractivity contribution in [2.24, 2.45) is 0 Å². The molecule has 0 saturated heterocycles. The molecule has 1 aromatic heterocycles. The number of anilines is 1. The van der Waals surface area contributed by atoms with E-state index in [0.717, 1.165) is 11.0 Å². The molecule has 1 atom stereocenters. The van der Waals surface area contributed by atoms with Crippen molar-refractivity contribution in [3.63, 3.8) is 0 Å². The second kappa shape index (κ2) is 8.66. The topological polar surface area (TPSA) is 94.5 Å². The lowest BCUT2D eigenvalue weighted by atomic mass is 10.2. The first-order valence-electron chi connectivity index (χ1n) is 10.6. The zero-order valence-electron chi connectivity index (χ0n) is 17.9. The molecule has 1 unspecified atom stereocenters. The van der Waals surface area contributed by atoms with Gasteiger partial charge in [-0.3, -0.25) is 9.59 Å². The van der Waals surface area contributed by atoms with Crippen LogP contribution in [0.5, 0.6) is 11.5 Å². The predicted molar refractivity (Wildman–Crippen MR) is 123 cm³/mol. The van der Waals surface area contributed by atoms with Crippen molar-refractivity contribution in [2.45, 2.75) is 19.5 Å². The Morgan fingerprint density at radius 2 is 1.76 bits per heavy atom. The number of para-hydroxylation sites is 2. The minimum absolute atomic E-state index is 0.0375. The van der Waals surface area contributed by atoms with Gasteiger partial charge in [0, 0.05) is 17.3 Å². The summed E-state index contributed by atoms with van der Waals surface area (Å²) in [5.74, 6) is 1.42. The average Bonchev–Trinajstić information content (AvgIpc) is 3.44. The molecule has 0 saturated carbocycles. The summed E-state index contributed by atoms with van der Waals surface area (Å²) in [6.45, 7) is 2.06. The molecule has 2 N–H and O–H groups in total. The number of ether oxygens (including phenoxy) is 2. The van der Waals surface area contributed by atoms with E-state index in [2.05, 4.69) is 10.6 Å². The number of carbonyl (C=O) groups excluding carboxylic acids is 2. The summed E-state index contributed by atoms with van der Waals surface area (Å²) in [6.07, 6.45) is 0. The van der Waals surface area contributed by atoms with E-state index in [1.807, 2.05) is 54.0 Å². The van der Waals surface area contributed by atoms with Gasteiger partial charge in [-0.2, -0.15) is 0 Å². The molecule has 4 aromatic rings. The van der Waals surface area contributed by atoms with Gasteiger partial charge in [0.1, 0.15) is 12.4 Å². The summed E-state index contributed by atoms with van der Waals surface area (Å²) in [4.78, 5) is 30.3. The Morgan fingerprint density at radius 1 is 1.00 bits per heavy atom. The number of benzene rings is 3. The molecule has 0 bridgehead atoms. The van der Waals surface area contributed by atoms with Crippen molar-refractivity contribution >= 4 is 28.5 Å². The van der Waals surface area contributed by atoms with Crippen LogP contribution < -0.4 is 20.1 Å². The Bertz CT molecular complexity index is 1330. The molecular weight excluding hydrogens is 420 g/mol. The van der Waals surface area contributed by atoms with E-state index >= 15 is 0 Å². The van der Waals surface area contributed by atoms with Gasteiger partial charge < -0.3 is 24.7 Å². The molecule has 0 fully saturated rings. The highest BCUT2D eigenvalue weighted by molar-refractivity contribution is 5.94. The molecule has 3 aromatic carbocycles. The molecule has 2 amide bonds. The lowest BCUT2D eigenvalue weighted by molar-refractivity contribution is -0.116. The maximum Gasteiger partial charge on any atom is 0.251 e. The van der Waals surface area contributed by atoms with Gasteiger partial charge in [-0.25, -0.2) is 4.98 Å². The van der Waals surface area contributed by atoms with Gasteiger partial charge in [-0.15, -0.1) is 0 Å². The maximum atomic E-state index is 12.9. The van der Waals surface area contributed by atoms with Gasteiger partial charge >= 0.3 is 0 Å². The predicted octanol–water partition coefficient (Wildman–Crippen LogP) is 3.89. The van der Waals surface area contributed by atoms with E-state index in [-0.39, 0.29) is 25.2 Å². The van der Waals surface area contributed by atoms with Gasteiger partial charge in [-0.1, -0.05) is 30.3 Å². The fourth-order valence-electron chi connectivity index (χ4n) is 3.84. The fourth-order valence-corrected chi connectivity index (χ4v) is 3.84. The summed E-state index contributed by atoms with van der Waals surface area (Å²) in [5, 5.41) is 5.88. The Morgan fingerprint density at radius 3 is 2.61 bits per heavy atom. The lowest BCUT2D eigenvalue weighted by Gasteiger charge is -2.16. The molecular formula is C25H22N4O4. The first-order valence-corrected chi connectivity index (χ1v) is 10.6. The van der Waals surface area contributed by atoms with Crippen LogP contribution in [0.25, 0.3) is 11.0 Å². The zero-order chi connectivity index (χ0) is 22.8. The van der Waals surface area contributed by atoms with Crippen LogP contribution in [0.2, 0.25) is 0 Å². The maximum absolute atomic E-state index is 12.9. The second-order valence-corrected chi connectivity index (χ2v) is 7.72. The number of imidazole rings is 1. The first kappa shape index (κ1) is 20.6. The standard InChI is InChI=1S/C25H22N4O4/c1-16(26-25(31)17-7-3-2-4-8-17)24-28-19-9-5-6-10-20(19)29(24)14-23(30)27-18-11-12-21-22(13-18)33-15-32-21/h2-13,16H,14-15H2,1H3,(H,26,31)(H,27,30). The van der Waals surface area contributed by atoms with Crippen molar-refractivity contribution in [1.82, 2.24) is 14.9 Å². The van der Waals surface area contributed by atoms with Crippen molar-refractivity contribution in [3.8, 4) is 11.5 Å². The number of aromatic nitrogens is 2. The van der Waals surface area contributed by atoms with Gasteiger partial charge in [0.15, 0.2) is 11.5 Å². The number of amides is 2. The molecule has 8 heteroatoms. The van der Waals surface area contributed by atoms with E-state index in [1.165, 1.54) is 0 Å². The highest BCUT2D eigenvalue weighted by Crippen LogP contribution is 2.34. The van der Waals surface area contributed by atoms with Crippen LogP contribution in [0.15, 0.2) is 72.8 Å². The number of hydrogen-bond acceptors (Lipinski definition) is 5. The number of nitrogens with one attached hydrogen (secondary N) is 2. The van der Waals surface area contributed by atoms with E-state index in [9.17, 15) is 9.59 Å². The Labute approximate surface area is 190 Å². The number of fused-ring (bicyclic) bond motifs is 2. The van der Waals surface area contributed by atoms with Gasteiger partial charge in [-0.05, 0) is 43.3 Å². The van der Waals surface area contributed by atoms with E-state index in [0.29, 0.717) is 28.6 Å². The van der Waals surface area contributed by atoms with Crippen LogP contribution in [-0.2, 0) is 11.3 Å². The van der Waals surface area contributed by atoms with Crippen molar-refractivity contribution in [2.75, 3.05) is 12.1 Å². The molecule has 0 radical (unpaired) electrons. The van der Waals surface area contributed by atoms with Crippen LogP contribution in [0, 0.1) is 0 Å². The third-order valence-electron chi connectivity index (χ3n) is 5.41. The third kappa shape index (κ3) is 4.23. The van der Waals surface area contributed by atoms with Crippen LogP contribution in [0.3, 0.4) is 0 Å². The number of nitrogens with zero attached hydrogens (tertiary/aromatic N) is 2. The highest BCUT2D eigenvalue weighted by Gasteiger charge is 2.21. The molecule has 2 heterocycles. The van der Waals surface area contributed by atoms with Gasteiger partial charge in [0.25, 0.3) is 5.91 Å². The molecule has 0 aliphatic carbocycles. The first-order chi connectivity index (χ1) is 16.1. The highest BCUT2D eigenvalue weighted by atomic mass is 16.7. The summed E-state index contributed by atoms with van der Waals surface area (Å²) >= 11 is 0. The molecule has 5 rings (SSSR count). The minimum atomic E-state index is -0.413. The normalized spacial score (nSPS) is 13.0. The molecule has 166 valence electrons. The van der Waals surface area contributed by atoms with E-state index in [1.54, 1.807) is 30.3 Å². The van der Waals surface area contributed by atoms with E-state index < -0.39 is 6.04 Å². The summed E-state index contributed by atoms with van der Waals surface area (Å²) in [5.41, 5.74) is 2.74. The molecule has 1 aliphatic rings. The Balaban J connectivity index is 1.38. The van der Waals surface area contributed by atoms with Crippen molar-refractivity contribution in [1.29, 1.82) is 0 Å². The number of carbonyl (C=O) groups is 2. The SMILES string of the molecule is CC(NC(=O)c1ccccc1)c1nc2ccccc2n1CC(=O)Nc1ccc2c(c1)OCO2. The van der Waals surface area contributed by atoms with Gasteiger partial charge in [0.2, 0.25) is 12.7 Å². The quantitative estimate of drug-likeness (QED) is 0.472. The van der Waals surface area contributed by atoms with E-state index in [4.69, 9.17) is 14.5 Å². The molecule has 1 aliphatic heterocycles. The van der Waals surface area contributed by atoms with Crippen LogP contribution in [0.4, 0.5) is 5.69 Å². The Kier molecular flexibility index (Phi) is 5.40. The summed E-state index contributed by atoms with van der Waals surface area (Å²) in [6, 6.07) is 21.4. The molecule has 0 spiro atoms. The number of rotatable bonds is 6. The fraction of sp³-hybridized carbons (Fsp3) is 0.160. The lowest BCUT2D eigenvalue weighted by Crippen LogP contribution is -2.30. The summed E-state index contributed by atoms with van der Waals surface area (Å²) < 4.78 is 12.5. The molecule has 8 nitrogen and oxygen atoms in total. The number of hydrogen-bond donors (Lipinski definition) is 2. The smallest absolute Gasteiger partial charge is 0.251 e. The monoisotopic (exact) mass is 442 g/mol. The summed E-state index contributed by atoms with van der Waals surface area (Å²) in [7, 11) is 0. The van der Waals surface area contributed by atoms with Crippen molar-refractivity contribution < 1.29 is 19.1 Å². The third-order valence-corrected chi connectivity index (χ3v) is 5.41. The Hall–Kier alpha value is -4.33.